The minimum absolute atomic E-state index is 0.417. The minimum atomic E-state index is 0.417. The first-order chi connectivity index (χ1) is 6.38. The summed E-state index contributed by atoms with van der Waals surface area (Å²) in [6, 6.07) is 0. The second-order valence-corrected chi connectivity index (χ2v) is 2.45. The summed E-state index contributed by atoms with van der Waals surface area (Å²) in [7, 11) is 0. The lowest BCUT2D eigenvalue weighted by Crippen LogP contribution is -2.00. The third-order valence-electron chi connectivity index (χ3n) is 1.50. The van der Waals surface area contributed by atoms with Crippen molar-refractivity contribution in [3.63, 3.8) is 0 Å². The van der Waals surface area contributed by atoms with Crippen LogP contribution in [0.15, 0.2) is 10.7 Å². The van der Waals surface area contributed by atoms with E-state index in [9.17, 15) is 0 Å². The van der Waals surface area contributed by atoms with Crippen molar-refractivity contribution in [3.8, 4) is 0 Å². The first-order valence-corrected chi connectivity index (χ1v) is 3.90. The molecule has 0 unspecified atom stereocenters. The molecule has 0 bridgehead atoms. The van der Waals surface area contributed by atoms with Crippen LogP contribution in [0.5, 0.6) is 0 Å². The number of aryl methyl sites for hydroxylation is 1. The van der Waals surface area contributed by atoms with Crippen molar-refractivity contribution < 1.29 is 4.42 Å². The molecule has 0 aliphatic carbocycles. The summed E-state index contributed by atoms with van der Waals surface area (Å²) in [5.41, 5.74) is 0. The molecular weight excluding hydrogens is 172 g/mol. The molecule has 13 heavy (non-hydrogen) atoms. The van der Waals surface area contributed by atoms with Crippen LogP contribution in [0.4, 0.5) is 0 Å². The average Bonchev–Trinajstić information content (AvgIpc) is 2.76. The molecular formula is C6H8N6O. The smallest absolute Gasteiger partial charge is 0.238 e. The van der Waals surface area contributed by atoms with Crippen LogP contribution in [0.1, 0.15) is 18.7 Å². The summed E-state index contributed by atoms with van der Waals surface area (Å²) in [5.74, 6) is 1.15. The Morgan fingerprint density at radius 3 is 2.85 bits per heavy atom. The van der Waals surface area contributed by atoms with E-state index in [0.29, 0.717) is 18.3 Å². The van der Waals surface area contributed by atoms with E-state index >= 15 is 0 Å². The van der Waals surface area contributed by atoms with Crippen LogP contribution in [0, 0.1) is 0 Å². The van der Waals surface area contributed by atoms with Gasteiger partial charge in [-0.15, -0.1) is 15.3 Å². The predicted octanol–water partition coefficient (Wildman–Crippen LogP) is -0.333. The Balaban J connectivity index is 2.10. The maximum Gasteiger partial charge on any atom is 0.238 e. The highest BCUT2D eigenvalue weighted by Gasteiger charge is 2.04. The molecule has 68 valence electrons. The molecule has 7 nitrogen and oxygen atoms in total. The van der Waals surface area contributed by atoms with Crippen LogP contribution in [0.3, 0.4) is 0 Å². The van der Waals surface area contributed by atoms with Crippen molar-refractivity contribution in [2.75, 3.05) is 0 Å². The van der Waals surface area contributed by atoms with Gasteiger partial charge in [0.15, 0.2) is 0 Å². The molecule has 0 N–H and O–H groups in total. The average molecular weight is 180 g/mol. The number of tetrazole rings is 1. The largest absolute Gasteiger partial charge is 0.423 e. The van der Waals surface area contributed by atoms with Gasteiger partial charge in [-0.3, -0.25) is 0 Å². The van der Waals surface area contributed by atoms with Crippen LogP contribution in [0.2, 0.25) is 0 Å². The Hall–Kier alpha value is -1.79. The minimum Gasteiger partial charge on any atom is -0.423 e. The Morgan fingerprint density at radius 1 is 1.38 bits per heavy atom. The molecule has 0 saturated carbocycles. The molecule has 0 aliphatic heterocycles. The molecule has 7 heteroatoms. The molecule has 0 saturated heterocycles. The van der Waals surface area contributed by atoms with E-state index < -0.39 is 0 Å². The van der Waals surface area contributed by atoms with E-state index in [1.165, 1.54) is 11.0 Å². The second-order valence-electron chi connectivity index (χ2n) is 2.45. The standard InChI is InChI=1S/C6H8N6O/c1-2-5-8-9-6(13-5)3-12-4-7-10-11-12/h4H,2-3H2,1H3. The lowest BCUT2D eigenvalue weighted by Gasteiger charge is -1.90. The number of aromatic nitrogens is 6. The maximum atomic E-state index is 5.27. The maximum absolute atomic E-state index is 5.27. The topological polar surface area (TPSA) is 82.5 Å². The Bertz CT molecular complexity index is 366. The number of hydrogen-bond donors (Lipinski definition) is 0. The van der Waals surface area contributed by atoms with Crippen molar-refractivity contribution in [2.45, 2.75) is 19.9 Å². The van der Waals surface area contributed by atoms with Crippen molar-refractivity contribution in [3.05, 3.63) is 18.1 Å². The van der Waals surface area contributed by atoms with Gasteiger partial charge in [-0.2, -0.15) is 0 Å². The van der Waals surface area contributed by atoms with Gasteiger partial charge in [0, 0.05) is 6.42 Å². The van der Waals surface area contributed by atoms with Gasteiger partial charge in [-0.05, 0) is 10.4 Å². The van der Waals surface area contributed by atoms with Gasteiger partial charge in [0.2, 0.25) is 11.8 Å². The van der Waals surface area contributed by atoms with Crippen molar-refractivity contribution in [1.82, 2.24) is 30.4 Å². The molecule has 0 spiro atoms. The zero-order valence-electron chi connectivity index (χ0n) is 7.08. The predicted molar refractivity (Wildman–Crippen MR) is 40.6 cm³/mol. The van der Waals surface area contributed by atoms with Crippen molar-refractivity contribution in [2.24, 2.45) is 0 Å². The van der Waals surface area contributed by atoms with Gasteiger partial charge in [0.05, 0.1) is 0 Å². The zero-order valence-corrected chi connectivity index (χ0v) is 7.08. The van der Waals surface area contributed by atoms with Gasteiger partial charge in [0.1, 0.15) is 12.9 Å². The van der Waals surface area contributed by atoms with E-state index in [0.717, 1.165) is 6.42 Å². The van der Waals surface area contributed by atoms with Gasteiger partial charge in [-0.1, -0.05) is 6.92 Å². The Labute approximate surface area is 73.8 Å². The monoisotopic (exact) mass is 180 g/mol. The summed E-state index contributed by atoms with van der Waals surface area (Å²) in [5, 5.41) is 18.3. The third-order valence-corrected chi connectivity index (χ3v) is 1.50. The number of hydrogen-bond acceptors (Lipinski definition) is 6. The van der Waals surface area contributed by atoms with Gasteiger partial charge in [0.25, 0.3) is 0 Å². The quantitative estimate of drug-likeness (QED) is 0.643. The molecule has 0 radical (unpaired) electrons. The molecule has 0 fully saturated rings. The van der Waals surface area contributed by atoms with Gasteiger partial charge in [-0.25, -0.2) is 4.68 Å². The normalized spacial score (nSPS) is 10.5. The SMILES string of the molecule is CCc1nnc(Cn2cnnn2)o1. The molecule has 2 rings (SSSR count). The fourth-order valence-corrected chi connectivity index (χ4v) is 0.886. The molecule has 0 aliphatic rings. The van der Waals surface area contributed by atoms with Crippen LogP contribution in [-0.4, -0.2) is 30.4 Å². The summed E-state index contributed by atoms with van der Waals surface area (Å²) in [6.07, 6.45) is 2.23. The highest BCUT2D eigenvalue weighted by atomic mass is 16.4. The van der Waals surface area contributed by atoms with E-state index in [1.54, 1.807) is 0 Å². The van der Waals surface area contributed by atoms with E-state index in [4.69, 9.17) is 4.42 Å². The summed E-state index contributed by atoms with van der Waals surface area (Å²) < 4.78 is 6.79. The molecule has 2 aromatic rings. The summed E-state index contributed by atoms with van der Waals surface area (Å²) in [6.45, 7) is 2.37. The van der Waals surface area contributed by atoms with Crippen molar-refractivity contribution in [1.29, 1.82) is 0 Å². The summed E-state index contributed by atoms with van der Waals surface area (Å²) >= 11 is 0. The Kier molecular flexibility index (Phi) is 1.99. The second kappa shape index (κ2) is 3.30. The lowest BCUT2D eigenvalue weighted by atomic mass is 10.5. The van der Waals surface area contributed by atoms with E-state index in [1.807, 2.05) is 6.92 Å². The van der Waals surface area contributed by atoms with Gasteiger partial charge >= 0.3 is 0 Å². The number of rotatable bonds is 3. The Morgan fingerprint density at radius 2 is 2.23 bits per heavy atom. The van der Waals surface area contributed by atoms with Crippen molar-refractivity contribution >= 4 is 0 Å². The summed E-state index contributed by atoms with van der Waals surface area (Å²) in [4.78, 5) is 0. The molecule has 2 heterocycles. The van der Waals surface area contributed by atoms with Crippen LogP contribution >= 0.6 is 0 Å². The zero-order chi connectivity index (χ0) is 9.10. The first-order valence-electron chi connectivity index (χ1n) is 3.90. The van der Waals surface area contributed by atoms with Gasteiger partial charge < -0.3 is 4.42 Å². The molecule has 0 atom stereocenters. The fraction of sp³-hybridized carbons (Fsp3) is 0.500. The van der Waals surface area contributed by atoms with Crippen LogP contribution in [0.25, 0.3) is 0 Å². The highest BCUT2D eigenvalue weighted by molar-refractivity contribution is 4.81. The van der Waals surface area contributed by atoms with Crippen LogP contribution in [-0.2, 0) is 13.0 Å². The molecule has 2 aromatic heterocycles. The molecule has 0 amide bonds. The first kappa shape index (κ1) is 7.84. The van der Waals surface area contributed by atoms with E-state index in [2.05, 4.69) is 25.7 Å². The molecule has 0 aromatic carbocycles. The third kappa shape index (κ3) is 1.68. The number of nitrogens with zero attached hydrogens (tertiary/aromatic N) is 6. The fourth-order valence-electron chi connectivity index (χ4n) is 0.886. The highest BCUT2D eigenvalue weighted by Crippen LogP contribution is 2.00. The lowest BCUT2D eigenvalue weighted by molar-refractivity contribution is 0.430. The van der Waals surface area contributed by atoms with E-state index in [-0.39, 0.29) is 0 Å². The van der Waals surface area contributed by atoms with Crippen LogP contribution < -0.4 is 0 Å².